The van der Waals surface area contributed by atoms with Crippen molar-refractivity contribution in [1.29, 1.82) is 0 Å². The van der Waals surface area contributed by atoms with E-state index in [1.54, 1.807) is 25.3 Å². The molecule has 2 amide bonds. The number of aromatic amines is 1. The lowest BCUT2D eigenvalue weighted by Gasteiger charge is -2.28. The molecule has 3 heterocycles. The van der Waals surface area contributed by atoms with Gasteiger partial charge in [-0.1, -0.05) is 33.6 Å². The van der Waals surface area contributed by atoms with Crippen molar-refractivity contribution in [3.63, 3.8) is 0 Å². The fourth-order valence-corrected chi connectivity index (χ4v) is 5.39. The van der Waals surface area contributed by atoms with E-state index in [4.69, 9.17) is 4.74 Å². The Morgan fingerprint density at radius 1 is 1.24 bits per heavy atom. The molecule has 1 atom stereocenters. The molecule has 2 aromatic rings. The molecule has 0 radical (unpaired) electrons. The maximum Gasteiger partial charge on any atom is 0.268 e. The summed E-state index contributed by atoms with van der Waals surface area (Å²) in [7, 11) is 2.11. The van der Waals surface area contributed by atoms with Crippen molar-refractivity contribution in [1.82, 2.24) is 20.2 Å². The summed E-state index contributed by atoms with van der Waals surface area (Å²) in [5.74, 6) is -0.0834. The Bertz CT molecular complexity index is 1160. The van der Waals surface area contributed by atoms with E-state index in [0.717, 1.165) is 44.5 Å². The average Bonchev–Trinajstić information content (AvgIpc) is 3.19. The number of piperidine rings is 1. The Morgan fingerprint density at radius 2 is 1.97 bits per heavy atom. The summed E-state index contributed by atoms with van der Waals surface area (Å²) in [6.07, 6.45) is 6.99. The Labute approximate surface area is 225 Å². The van der Waals surface area contributed by atoms with Crippen LogP contribution < -0.4 is 15.4 Å². The maximum absolute atomic E-state index is 13.3. The van der Waals surface area contributed by atoms with Gasteiger partial charge >= 0.3 is 0 Å². The summed E-state index contributed by atoms with van der Waals surface area (Å²) in [5, 5.41) is 5.78. The van der Waals surface area contributed by atoms with Gasteiger partial charge in [0.15, 0.2) is 5.78 Å². The smallest absolute Gasteiger partial charge is 0.268 e. The zero-order valence-electron chi connectivity index (χ0n) is 23.3. The molecule has 0 bridgehead atoms. The van der Waals surface area contributed by atoms with Crippen LogP contribution in [0.25, 0.3) is 0 Å². The Hall–Kier alpha value is -3.20. The summed E-state index contributed by atoms with van der Waals surface area (Å²) < 4.78 is 6.00. The van der Waals surface area contributed by atoms with Crippen molar-refractivity contribution >= 4 is 23.3 Å². The van der Waals surface area contributed by atoms with Crippen LogP contribution in [0.15, 0.2) is 18.3 Å². The number of nitrogens with one attached hydrogen (secondary N) is 3. The van der Waals surface area contributed by atoms with Gasteiger partial charge in [0.2, 0.25) is 11.8 Å². The largest absolute Gasteiger partial charge is 0.474 e. The van der Waals surface area contributed by atoms with Crippen molar-refractivity contribution in [3.05, 3.63) is 40.8 Å². The summed E-state index contributed by atoms with van der Waals surface area (Å²) in [6.45, 7) is 9.95. The summed E-state index contributed by atoms with van der Waals surface area (Å²) in [5.41, 5.74) is 2.82. The number of aromatic nitrogens is 2. The average molecular weight is 524 g/mol. The van der Waals surface area contributed by atoms with Gasteiger partial charge in [-0.25, -0.2) is 4.98 Å². The molecular weight excluding hydrogens is 482 g/mol. The minimum atomic E-state index is -0.718. The third-order valence-electron chi connectivity index (χ3n) is 7.55. The van der Waals surface area contributed by atoms with Gasteiger partial charge in [0, 0.05) is 36.8 Å². The first kappa shape index (κ1) is 27.8. The molecule has 1 fully saturated rings. The van der Waals surface area contributed by atoms with E-state index < -0.39 is 6.04 Å². The molecule has 4 rings (SSSR count). The number of hydrogen-bond donors (Lipinski definition) is 3. The van der Waals surface area contributed by atoms with Crippen LogP contribution in [0, 0.1) is 12.3 Å². The van der Waals surface area contributed by atoms with Crippen LogP contribution >= 0.6 is 0 Å². The van der Waals surface area contributed by atoms with Crippen LogP contribution in [0.1, 0.15) is 91.4 Å². The number of Topliss-reactive ketones (excluding diaryl/α,β-unsaturated/α-hetero) is 1. The molecule has 1 unspecified atom stereocenters. The number of carbonyl (C=O) groups is 3. The number of ketones is 1. The number of likely N-dealkylation sites (tertiary alicyclic amines) is 1. The molecule has 38 heavy (non-hydrogen) atoms. The van der Waals surface area contributed by atoms with E-state index in [1.807, 2.05) is 6.92 Å². The van der Waals surface area contributed by atoms with Gasteiger partial charge in [-0.2, -0.15) is 0 Å². The summed E-state index contributed by atoms with van der Waals surface area (Å²) in [4.78, 5) is 49.0. The van der Waals surface area contributed by atoms with E-state index in [-0.39, 0.29) is 29.1 Å². The monoisotopic (exact) mass is 523 g/mol. The van der Waals surface area contributed by atoms with Gasteiger partial charge in [-0.05, 0) is 56.7 Å². The number of pyridine rings is 1. The second kappa shape index (κ2) is 11.7. The Morgan fingerprint density at radius 3 is 2.63 bits per heavy atom. The highest BCUT2D eigenvalue weighted by atomic mass is 16.5. The highest BCUT2D eigenvalue weighted by molar-refractivity contribution is 6.06. The van der Waals surface area contributed by atoms with Gasteiger partial charge in [-0.3, -0.25) is 14.4 Å². The minimum absolute atomic E-state index is 0.0556. The lowest BCUT2D eigenvalue weighted by atomic mass is 9.75. The van der Waals surface area contributed by atoms with E-state index >= 15 is 0 Å². The number of amides is 2. The van der Waals surface area contributed by atoms with Crippen LogP contribution in [0.2, 0.25) is 0 Å². The molecule has 0 aromatic carbocycles. The maximum atomic E-state index is 13.3. The first-order valence-electron chi connectivity index (χ1n) is 13.7. The fourth-order valence-electron chi connectivity index (χ4n) is 5.39. The number of H-pyrrole nitrogens is 1. The van der Waals surface area contributed by atoms with Crippen LogP contribution in [-0.2, 0) is 11.2 Å². The predicted octanol–water partition coefficient (Wildman–Crippen LogP) is 4.27. The second-order valence-electron chi connectivity index (χ2n) is 11.6. The minimum Gasteiger partial charge on any atom is -0.474 e. The topological polar surface area (TPSA) is 116 Å². The van der Waals surface area contributed by atoms with E-state index in [0.29, 0.717) is 47.7 Å². The third-order valence-corrected chi connectivity index (χ3v) is 7.55. The molecule has 3 N–H and O–H groups in total. The molecule has 1 saturated heterocycles. The van der Waals surface area contributed by atoms with E-state index in [2.05, 4.69) is 46.4 Å². The van der Waals surface area contributed by atoms with Crippen LogP contribution in [0.5, 0.6) is 5.88 Å². The number of ether oxygens (including phenoxy) is 1. The predicted molar refractivity (Wildman–Crippen MR) is 147 cm³/mol. The third kappa shape index (κ3) is 6.62. The summed E-state index contributed by atoms with van der Waals surface area (Å²) >= 11 is 0. The molecular formula is C29H41N5O4. The normalized spacial score (nSPS) is 18.5. The molecule has 0 spiro atoms. The van der Waals surface area contributed by atoms with E-state index in [1.165, 1.54) is 0 Å². The van der Waals surface area contributed by atoms with Gasteiger partial charge in [0.25, 0.3) is 5.91 Å². The number of anilines is 1. The summed E-state index contributed by atoms with van der Waals surface area (Å²) in [6, 6.07) is 2.81. The Kier molecular flexibility index (Phi) is 8.55. The van der Waals surface area contributed by atoms with E-state index in [9.17, 15) is 14.4 Å². The number of nitrogens with zero attached hydrogens (tertiary/aromatic N) is 2. The van der Waals surface area contributed by atoms with Crippen LogP contribution in [0.4, 0.5) is 5.69 Å². The van der Waals surface area contributed by atoms with Crippen molar-refractivity contribution in [2.75, 3.05) is 25.5 Å². The fraction of sp³-hybridized carbons (Fsp3) is 0.586. The first-order chi connectivity index (χ1) is 18.1. The number of rotatable bonds is 9. The number of fused-ring (bicyclic) bond motifs is 1. The SMILES string of the molecule is CCCCC(NC(=O)c1[nH]c2c(c1C)C(=O)CC(C)(C)C2)C(=O)Nc1ccc(OC2CCN(C)CC2)nc1. The van der Waals surface area contributed by atoms with Crippen molar-refractivity contribution < 1.29 is 19.1 Å². The number of unbranched alkanes of at least 4 members (excludes halogenated alkanes) is 1. The van der Waals surface area contributed by atoms with Crippen molar-refractivity contribution in [3.8, 4) is 5.88 Å². The van der Waals surface area contributed by atoms with Crippen LogP contribution in [-0.4, -0.2) is 64.7 Å². The molecule has 2 aliphatic rings. The highest BCUT2D eigenvalue weighted by Gasteiger charge is 2.35. The second-order valence-corrected chi connectivity index (χ2v) is 11.6. The molecule has 1 aliphatic heterocycles. The molecule has 9 heteroatoms. The molecule has 206 valence electrons. The van der Waals surface area contributed by atoms with Gasteiger partial charge in [0.05, 0.1) is 11.9 Å². The standard InChI is InChI=1S/C29H41N5O4/c1-6-7-8-21(33-28(37)26-18(2)25-22(32-26)15-29(3,4)16-23(25)35)27(36)31-19-9-10-24(30-17-19)38-20-11-13-34(5)14-12-20/h9-10,17,20-21,32H,6-8,11-16H2,1-5H3,(H,31,36)(H,33,37). The first-order valence-corrected chi connectivity index (χ1v) is 13.7. The molecule has 9 nitrogen and oxygen atoms in total. The van der Waals surface area contributed by atoms with Crippen molar-refractivity contribution in [2.45, 2.75) is 84.8 Å². The van der Waals surface area contributed by atoms with Crippen LogP contribution in [0.3, 0.4) is 0 Å². The molecule has 0 saturated carbocycles. The lowest BCUT2D eigenvalue weighted by molar-refractivity contribution is -0.118. The highest BCUT2D eigenvalue weighted by Crippen LogP contribution is 2.36. The molecule has 2 aromatic heterocycles. The quantitative estimate of drug-likeness (QED) is 0.452. The molecule has 1 aliphatic carbocycles. The number of carbonyl (C=O) groups excluding carboxylic acids is 3. The Balaban J connectivity index is 1.41. The van der Waals surface area contributed by atoms with Gasteiger partial charge in [-0.15, -0.1) is 0 Å². The van der Waals surface area contributed by atoms with Crippen molar-refractivity contribution in [2.24, 2.45) is 5.41 Å². The zero-order valence-corrected chi connectivity index (χ0v) is 23.3. The van der Waals surface area contributed by atoms with Gasteiger partial charge in [0.1, 0.15) is 17.8 Å². The zero-order chi connectivity index (χ0) is 27.4. The van der Waals surface area contributed by atoms with Gasteiger partial charge < -0.3 is 25.3 Å². The lowest BCUT2D eigenvalue weighted by Crippen LogP contribution is -2.44. The number of hydrogen-bond acceptors (Lipinski definition) is 6.